The highest BCUT2D eigenvalue weighted by Gasteiger charge is 2.24. The molecule has 1 atom stereocenters. The van der Waals surface area contributed by atoms with Crippen molar-refractivity contribution in [2.24, 2.45) is 0 Å². The third kappa shape index (κ3) is 3.43. The maximum absolute atomic E-state index is 12.1. The van der Waals surface area contributed by atoms with Gasteiger partial charge in [0.2, 0.25) is 0 Å². The van der Waals surface area contributed by atoms with Crippen LogP contribution in [0.1, 0.15) is 22.8 Å². The maximum Gasteiger partial charge on any atom is 0.254 e. The number of ketones is 1. The molecule has 0 aliphatic carbocycles. The number of likely N-dealkylation sites (N-methyl/N-ethyl adjacent to an activating group) is 1. The van der Waals surface area contributed by atoms with E-state index in [0.717, 1.165) is 12.1 Å². The second kappa shape index (κ2) is 6.15. The Morgan fingerprint density at radius 1 is 1.40 bits per heavy atom. The highest BCUT2D eigenvalue weighted by molar-refractivity contribution is 5.98. The first-order valence-electron chi connectivity index (χ1n) is 6.70. The second-order valence-electron chi connectivity index (χ2n) is 5.20. The molecule has 1 heterocycles. The van der Waals surface area contributed by atoms with Gasteiger partial charge < -0.3 is 15.0 Å². The summed E-state index contributed by atoms with van der Waals surface area (Å²) in [7, 11) is 1.97. The molecule has 0 aromatic heterocycles. The zero-order chi connectivity index (χ0) is 14.7. The molecule has 108 valence electrons. The Morgan fingerprint density at radius 2 is 2.15 bits per heavy atom. The number of Topliss-reactive ketones (excluding diaryl/α,β-unsaturated/α-hetero) is 1. The van der Waals surface area contributed by atoms with Gasteiger partial charge in [-0.05, 0) is 44.7 Å². The van der Waals surface area contributed by atoms with Crippen molar-refractivity contribution in [3.63, 3.8) is 0 Å². The van der Waals surface area contributed by atoms with Crippen molar-refractivity contribution < 1.29 is 14.3 Å². The molecule has 1 aliphatic heterocycles. The van der Waals surface area contributed by atoms with E-state index in [1.54, 1.807) is 18.2 Å². The van der Waals surface area contributed by atoms with Crippen molar-refractivity contribution in [2.75, 3.05) is 32.1 Å². The zero-order valence-electron chi connectivity index (χ0n) is 12.1. The van der Waals surface area contributed by atoms with Gasteiger partial charge in [-0.3, -0.25) is 9.59 Å². The number of ether oxygens (including phenoxy) is 1. The fraction of sp³-hybridized carbons (Fsp3) is 0.467. The Bertz CT molecular complexity index is 528. The van der Waals surface area contributed by atoms with Gasteiger partial charge in [-0.15, -0.1) is 0 Å². The standard InChI is InChI=1S/C15H20N2O3/c1-10-8-12(4-5-13(10)11(2)18)16-15(19)14-9-17(3)6-7-20-14/h4-5,8,14H,6-7,9H2,1-3H3,(H,16,19)/t14-/m0/s1. The van der Waals surface area contributed by atoms with E-state index in [2.05, 4.69) is 10.2 Å². The smallest absolute Gasteiger partial charge is 0.254 e. The lowest BCUT2D eigenvalue weighted by Crippen LogP contribution is -2.46. The van der Waals surface area contributed by atoms with Crippen molar-refractivity contribution in [3.05, 3.63) is 29.3 Å². The quantitative estimate of drug-likeness (QED) is 0.849. The molecule has 20 heavy (non-hydrogen) atoms. The van der Waals surface area contributed by atoms with Crippen LogP contribution in [0, 0.1) is 6.92 Å². The van der Waals surface area contributed by atoms with Crippen LogP contribution in [0.3, 0.4) is 0 Å². The van der Waals surface area contributed by atoms with Crippen molar-refractivity contribution >= 4 is 17.4 Å². The Morgan fingerprint density at radius 3 is 2.75 bits per heavy atom. The summed E-state index contributed by atoms with van der Waals surface area (Å²) in [6.45, 7) is 5.40. The Hall–Kier alpha value is -1.72. The number of aryl methyl sites for hydroxylation is 1. The molecule has 5 heteroatoms. The fourth-order valence-electron chi connectivity index (χ4n) is 2.30. The largest absolute Gasteiger partial charge is 0.366 e. The van der Waals surface area contributed by atoms with Gasteiger partial charge in [0.1, 0.15) is 6.10 Å². The van der Waals surface area contributed by atoms with Crippen molar-refractivity contribution in [2.45, 2.75) is 20.0 Å². The van der Waals surface area contributed by atoms with Crippen LogP contribution in [0.4, 0.5) is 5.69 Å². The van der Waals surface area contributed by atoms with Crippen molar-refractivity contribution in [1.29, 1.82) is 0 Å². The topological polar surface area (TPSA) is 58.6 Å². The SMILES string of the molecule is CC(=O)c1ccc(NC(=O)[C@@H]2CN(C)CCO2)cc1C. The van der Waals surface area contributed by atoms with Crippen LogP contribution in [0.2, 0.25) is 0 Å². The minimum absolute atomic E-state index is 0.0256. The highest BCUT2D eigenvalue weighted by Crippen LogP contribution is 2.16. The summed E-state index contributed by atoms with van der Waals surface area (Å²) in [4.78, 5) is 25.6. The molecule has 1 aromatic carbocycles. The summed E-state index contributed by atoms with van der Waals surface area (Å²) in [5.41, 5.74) is 2.22. The number of benzene rings is 1. The molecule has 0 spiro atoms. The lowest BCUT2D eigenvalue weighted by atomic mass is 10.0. The molecule has 1 fully saturated rings. The fourth-order valence-corrected chi connectivity index (χ4v) is 2.30. The number of hydrogen-bond donors (Lipinski definition) is 1. The predicted octanol–water partition coefficient (Wildman–Crippen LogP) is 1.47. The maximum atomic E-state index is 12.1. The number of rotatable bonds is 3. The number of carbonyl (C=O) groups excluding carboxylic acids is 2. The summed E-state index contributed by atoms with van der Waals surface area (Å²) in [6.07, 6.45) is -0.443. The first kappa shape index (κ1) is 14.7. The minimum atomic E-state index is -0.443. The average molecular weight is 276 g/mol. The molecular weight excluding hydrogens is 256 g/mol. The Balaban J connectivity index is 2.04. The van der Waals surface area contributed by atoms with Crippen LogP contribution in [-0.2, 0) is 9.53 Å². The third-order valence-electron chi connectivity index (χ3n) is 3.44. The Kier molecular flexibility index (Phi) is 4.52. The summed E-state index contributed by atoms with van der Waals surface area (Å²) in [5.74, 6) is -0.121. The molecule has 1 N–H and O–H groups in total. The average Bonchev–Trinajstić information content (AvgIpc) is 2.38. The summed E-state index contributed by atoms with van der Waals surface area (Å²) < 4.78 is 5.47. The van der Waals surface area contributed by atoms with Gasteiger partial charge in [0.05, 0.1) is 6.61 Å². The summed E-state index contributed by atoms with van der Waals surface area (Å²) >= 11 is 0. The second-order valence-corrected chi connectivity index (χ2v) is 5.20. The van der Waals surface area contributed by atoms with Crippen LogP contribution in [0.15, 0.2) is 18.2 Å². The van der Waals surface area contributed by atoms with E-state index >= 15 is 0 Å². The van der Waals surface area contributed by atoms with Crippen LogP contribution in [0.5, 0.6) is 0 Å². The number of nitrogens with one attached hydrogen (secondary N) is 1. The molecule has 1 aromatic rings. The molecule has 0 saturated carbocycles. The van der Waals surface area contributed by atoms with Gasteiger partial charge in [0.25, 0.3) is 5.91 Å². The molecule has 5 nitrogen and oxygen atoms in total. The van der Waals surface area contributed by atoms with Gasteiger partial charge >= 0.3 is 0 Å². The summed E-state index contributed by atoms with van der Waals surface area (Å²) in [6, 6.07) is 5.29. The molecule has 0 radical (unpaired) electrons. The number of hydrogen-bond acceptors (Lipinski definition) is 4. The molecule has 1 saturated heterocycles. The highest BCUT2D eigenvalue weighted by atomic mass is 16.5. The number of morpholine rings is 1. The first-order valence-corrected chi connectivity index (χ1v) is 6.70. The van der Waals surface area contributed by atoms with Crippen LogP contribution < -0.4 is 5.32 Å². The lowest BCUT2D eigenvalue weighted by molar-refractivity contribution is -0.132. The van der Waals surface area contributed by atoms with E-state index in [0.29, 0.717) is 24.4 Å². The van der Waals surface area contributed by atoms with Crippen LogP contribution in [-0.4, -0.2) is 49.4 Å². The van der Waals surface area contributed by atoms with Gasteiger partial charge in [-0.2, -0.15) is 0 Å². The molecular formula is C15H20N2O3. The van der Waals surface area contributed by atoms with E-state index in [1.807, 2.05) is 14.0 Å². The molecule has 2 rings (SSSR count). The number of anilines is 1. The number of amides is 1. The number of nitrogens with zero attached hydrogens (tertiary/aromatic N) is 1. The lowest BCUT2D eigenvalue weighted by Gasteiger charge is -2.29. The normalized spacial score (nSPS) is 19.6. The first-order chi connectivity index (χ1) is 9.47. The van der Waals surface area contributed by atoms with E-state index in [4.69, 9.17) is 4.74 Å². The van der Waals surface area contributed by atoms with E-state index in [-0.39, 0.29) is 11.7 Å². The minimum Gasteiger partial charge on any atom is -0.366 e. The monoisotopic (exact) mass is 276 g/mol. The Labute approximate surface area is 118 Å². The third-order valence-corrected chi connectivity index (χ3v) is 3.44. The predicted molar refractivity (Wildman–Crippen MR) is 77.1 cm³/mol. The number of carbonyl (C=O) groups is 2. The van der Waals surface area contributed by atoms with Crippen molar-refractivity contribution in [3.8, 4) is 0 Å². The molecule has 0 bridgehead atoms. The van der Waals surface area contributed by atoms with E-state index in [9.17, 15) is 9.59 Å². The van der Waals surface area contributed by atoms with Crippen LogP contribution in [0.25, 0.3) is 0 Å². The molecule has 1 aliphatic rings. The van der Waals surface area contributed by atoms with Gasteiger partial charge in [0, 0.05) is 24.3 Å². The van der Waals surface area contributed by atoms with Gasteiger partial charge in [0.15, 0.2) is 5.78 Å². The van der Waals surface area contributed by atoms with Crippen LogP contribution >= 0.6 is 0 Å². The van der Waals surface area contributed by atoms with Gasteiger partial charge in [-0.25, -0.2) is 0 Å². The van der Waals surface area contributed by atoms with Gasteiger partial charge in [-0.1, -0.05) is 0 Å². The van der Waals surface area contributed by atoms with Crippen molar-refractivity contribution in [1.82, 2.24) is 4.90 Å². The molecule has 0 unspecified atom stereocenters. The van der Waals surface area contributed by atoms with E-state index < -0.39 is 6.10 Å². The molecule has 1 amide bonds. The summed E-state index contributed by atoms with van der Waals surface area (Å²) in [5, 5.41) is 2.84. The van der Waals surface area contributed by atoms with E-state index in [1.165, 1.54) is 6.92 Å². The zero-order valence-corrected chi connectivity index (χ0v) is 12.1.